The van der Waals surface area contributed by atoms with Crippen LogP contribution in [-0.4, -0.2) is 42.8 Å². The van der Waals surface area contributed by atoms with Crippen molar-refractivity contribution < 1.29 is 17.6 Å². The second kappa shape index (κ2) is 8.64. The summed E-state index contributed by atoms with van der Waals surface area (Å²) in [4.78, 5) is 27.1. The number of aromatic nitrogens is 1. The molecule has 0 spiro atoms. The first-order chi connectivity index (χ1) is 15.9. The molecule has 2 aliphatic heterocycles. The molecular formula is C24H25N3O5S. The molecule has 9 heteroatoms. The molecule has 2 aliphatic rings. The first-order valence-corrected chi connectivity index (χ1v) is 12.6. The maximum atomic E-state index is 13.2. The van der Waals surface area contributed by atoms with Crippen LogP contribution in [-0.2, 0) is 23.0 Å². The highest BCUT2D eigenvalue weighted by Gasteiger charge is 2.30. The van der Waals surface area contributed by atoms with Crippen LogP contribution in [0.1, 0.15) is 41.1 Å². The van der Waals surface area contributed by atoms with Gasteiger partial charge < -0.3 is 13.9 Å². The standard InChI is InChI=1S/C24H25N3O5S/c28-23-7-1-2-12-25(23)17-19-8-11-22(32-19)24(29)27-15-5-6-18-16-20(9-10-21(18)27)33(30,31)26-13-3-4-14-26/h1-2,7-12,16H,3-6,13-15,17H2. The number of nitrogens with zero attached hydrogens (tertiary/aromatic N) is 3. The van der Waals surface area contributed by atoms with Crippen LogP contribution in [0.4, 0.5) is 5.69 Å². The molecule has 33 heavy (non-hydrogen) atoms. The van der Waals surface area contributed by atoms with Gasteiger partial charge in [-0.15, -0.1) is 0 Å². The van der Waals surface area contributed by atoms with Crippen molar-refractivity contribution in [3.63, 3.8) is 0 Å². The predicted octanol–water partition coefficient (Wildman–Crippen LogP) is 2.87. The van der Waals surface area contributed by atoms with Crippen molar-refractivity contribution in [2.75, 3.05) is 24.5 Å². The number of rotatable bonds is 5. The fourth-order valence-corrected chi connectivity index (χ4v) is 6.06. The summed E-state index contributed by atoms with van der Waals surface area (Å²) in [6.45, 7) is 1.87. The number of furan rings is 1. The van der Waals surface area contributed by atoms with Gasteiger partial charge in [-0.05, 0) is 67.6 Å². The second-order valence-corrected chi connectivity index (χ2v) is 10.3. The lowest BCUT2D eigenvalue weighted by atomic mass is 10.0. The van der Waals surface area contributed by atoms with Gasteiger partial charge >= 0.3 is 0 Å². The highest BCUT2D eigenvalue weighted by Crippen LogP contribution is 2.32. The third kappa shape index (κ3) is 4.14. The summed E-state index contributed by atoms with van der Waals surface area (Å²) in [6, 6.07) is 13.2. The van der Waals surface area contributed by atoms with Crippen molar-refractivity contribution in [1.29, 1.82) is 0 Å². The minimum absolute atomic E-state index is 0.147. The van der Waals surface area contributed by atoms with E-state index in [9.17, 15) is 18.0 Å². The van der Waals surface area contributed by atoms with Crippen molar-refractivity contribution in [1.82, 2.24) is 8.87 Å². The van der Waals surface area contributed by atoms with E-state index in [0.717, 1.165) is 24.8 Å². The number of amides is 1. The molecule has 5 rings (SSSR count). The molecule has 4 heterocycles. The lowest BCUT2D eigenvalue weighted by Crippen LogP contribution is -2.35. The number of sulfonamides is 1. The quantitative estimate of drug-likeness (QED) is 0.575. The number of pyridine rings is 1. The summed E-state index contributed by atoms with van der Waals surface area (Å²) in [5.41, 5.74) is 1.41. The average molecular weight is 468 g/mol. The van der Waals surface area contributed by atoms with Gasteiger partial charge in [0.15, 0.2) is 5.76 Å². The van der Waals surface area contributed by atoms with Crippen molar-refractivity contribution in [3.05, 3.63) is 82.2 Å². The summed E-state index contributed by atoms with van der Waals surface area (Å²) in [6.07, 6.45) is 4.88. The van der Waals surface area contributed by atoms with E-state index in [2.05, 4.69) is 0 Å². The Balaban J connectivity index is 1.38. The zero-order valence-electron chi connectivity index (χ0n) is 18.1. The van der Waals surface area contributed by atoms with Gasteiger partial charge in [0.1, 0.15) is 5.76 Å². The maximum absolute atomic E-state index is 13.2. The fraction of sp³-hybridized carbons (Fsp3) is 0.333. The van der Waals surface area contributed by atoms with Crippen LogP contribution < -0.4 is 10.5 Å². The van der Waals surface area contributed by atoms with Crippen LogP contribution >= 0.6 is 0 Å². The minimum Gasteiger partial charge on any atom is -0.454 e. The number of fused-ring (bicyclic) bond motifs is 1. The number of hydrogen-bond acceptors (Lipinski definition) is 5. The Hall–Kier alpha value is -3.17. The monoisotopic (exact) mass is 467 g/mol. The summed E-state index contributed by atoms with van der Waals surface area (Å²) >= 11 is 0. The zero-order valence-corrected chi connectivity index (χ0v) is 19.0. The average Bonchev–Trinajstić information content (AvgIpc) is 3.52. The van der Waals surface area contributed by atoms with Crippen molar-refractivity contribution in [3.8, 4) is 0 Å². The van der Waals surface area contributed by atoms with E-state index in [-0.39, 0.29) is 28.7 Å². The van der Waals surface area contributed by atoms with Gasteiger partial charge in [-0.1, -0.05) is 6.07 Å². The lowest BCUT2D eigenvalue weighted by molar-refractivity contribution is 0.0956. The molecule has 1 saturated heterocycles. The van der Waals surface area contributed by atoms with Crippen molar-refractivity contribution in [2.45, 2.75) is 37.1 Å². The molecule has 2 aromatic heterocycles. The van der Waals surface area contributed by atoms with E-state index in [4.69, 9.17) is 4.42 Å². The number of hydrogen-bond donors (Lipinski definition) is 0. The summed E-state index contributed by atoms with van der Waals surface area (Å²) in [5, 5.41) is 0. The first kappa shape index (κ1) is 21.7. The smallest absolute Gasteiger partial charge is 0.293 e. The molecule has 0 N–H and O–H groups in total. The van der Waals surface area contributed by atoms with Gasteiger partial charge in [-0.3, -0.25) is 9.59 Å². The van der Waals surface area contributed by atoms with Crippen molar-refractivity contribution >= 4 is 21.6 Å². The summed E-state index contributed by atoms with van der Waals surface area (Å²) in [5.74, 6) is 0.421. The number of carbonyl (C=O) groups is 1. The topological polar surface area (TPSA) is 92.8 Å². The summed E-state index contributed by atoms with van der Waals surface area (Å²) < 4.78 is 34.7. The highest BCUT2D eigenvalue weighted by atomic mass is 32.2. The molecule has 0 aliphatic carbocycles. The molecule has 0 unspecified atom stereocenters. The van der Waals surface area contributed by atoms with Gasteiger partial charge in [0, 0.05) is 37.6 Å². The van der Waals surface area contributed by atoms with Gasteiger partial charge in [0.25, 0.3) is 11.5 Å². The number of aryl methyl sites for hydroxylation is 1. The normalized spacial score (nSPS) is 16.7. The molecule has 1 amide bonds. The van der Waals surface area contributed by atoms with Crippen LogP contribution in [0, 0.1) is 0 Å². The van der Waals surface area contributed by atoms with Gasteiger partial charge in [-0.2, -0.15) is 4.31 Å². The number of carbonyl (C=O) groups excluding carboxylic acids is 1. The molecule has 0 radical (unpaired) electrons. The molecule has 8 nitrogen and oxygen atoms in total. The van der Waals surface area contributed by atoms with E-state index in [1.807, 2.05) is 0 Å². The second-order valence-electron chi connectivity index (χ2n) is 8.39. The first-order valence-electron chi connectivity index (χ1n) is 11.1. The Bertz CT molecular complexity index is 1350. The fourth-order valence-electron chi connectivity index (χ4n) is 4.49. The predicted molar refractivity (Wildman–Crippen MR) is 123 cm³/mol. The van der Waals surface area contributed by atoms with E-state index >= 15 is 0 Å². The molecule has 1 aromatic carbocycles. The van der Waals surface area contributed by atoms with Crippen LogP contribution in [0.25, 0.3) is 0 Å². The Labute approximate surface area is 192 Å². The molecule has 0 atom stereocenters. The Kier molecular flexibility index (Phi) is 5.67. The van der Waals surface area contributed by atoms with E-state index < -0.39 is 10.0 Å². The number of anilines is 1. The van der Waals surface area contributed by atoms with Crippen LogP contribution in [0.2, 0.25) is 0 Å². The van der Waals surface area contributed by atoms with Crippen LogP contribution in [0.3, 0.4) is 0 Å². The van der Waals surface area contributed by atoms with Gasteiger partial charge in [0.05, 0.1) is 11.4 Å². The highest BCUT2D eigenvalue weighted by molar-refractivity contribution is 7.89. The van der Waals surface area contributed by atoms with Crippen LogP contribution in [0.5, 0.6) is 0 Å². The third-order valence-corrected chi connectivity index (χ3v) is 8.11. The largest absolute Gasteiger partial charge is 0.454 e. The SMILES string of the molecule is O=C(c1ccc(Cn2ccccc2=O)o1)N1CCCc2cc(S(=O)(=O)N3CCCC3)ccc21. The summed E-state index contributed by atoms with van der Waals surface area (Å²) in [7, 11) is -3.51. The van der Waals surface area contributed by atoms with E-state index in [0.29, 0.717) is 37.5 Å². The maximum Gasteiger partial charge on any atom is 0.293 e. The molecule has 172 valence electrons. The molecule has 0 bridgehead atoms. The molecule has 1 fully saturated rings. The lowest BCUT2D eigenvalue weighted by Gasteiger charge is -2.29. The number of benzene rings is 1. The van der Waals surface area contributed by atoms with E-state index in [1.54, 1.807) is 53.6 Å². The Morgan fingerprint density at radius 1 is 0.970 bits per heavy atom. The van der Waals surface area contributed by atoms with Crippen LogP contribution in [0.15, 0.2) is 68.8 Å². The third-order valence-electron chi connectivity index (χ3n) is 6.22. The van der Waals surface area contributed by atoms with E-state index in [1.165, 1.54) is 14.9 Å². The van der Waals surface area contributed by atoms with Gasteiger partial charge in [0.2, 0.25) is 10.0 Å². The Morgan fingerprint density at radius 3 is 2.58 bits per heavy atom. The van der Waals surface area contributed by atoms with Crippen molar-refractivity contribution in [2.24, 2.45) is 0 Å². The molecule has 3 aromatic rings. The molecular weight excluding hydrogens is 442 g/mol. The minimum atomic E-state index is -3.51. The van der Waals surface area contributed by atoms with Gasteiger partial charge in [-0.25, -0.2) is 8.42 Å². The molecule has 0 saturated carbocycles. The Morgan fingerprint density at radius 2 is 1.79 bits per heavy atom. The zero-order chi connectivity index (χ0) is 23.0.